The van der Waals surface area contributed by atoms with Crippen molar-refractivity contribution in [1.29, 1.82) is 0 Å². The summed E-state index contributed by atoms with van der Waals surface area (Å²) in [6.07, 6.45) is -0.798. The lowest BCUT2D eigenvalue weighted by Crippen LogP contribution is -2.39. The second-order valence-electron chi connectivity index (χ2n) is 4.76. The molecule has 0 saturated carbocycles. The molecule has 1 aromatic rings. The molecule has 0 aliphatic carbocycles. The molecule has 1 rings (SSSR count). The number of hydrogen-bond donors (Lipinski definition) is 3. The summed E-state index contributed by atoms with van der Waals surface area (Å²) in [5.74, 6) is -2.18. The molecule has 0 spiro atoms. The number of esters is 1. The Morgan fingerprint density at radius 2 is 1.67 bits per heavy atom. The Labute approximate surface area is 138 Å². The van der Waals surface area contributed by atoms with Gasteiger partial charge >= 0.3 is 17.8 Å². The van der Waals surface area contributed by atoms with E-state index >= 15 is 0 Å². The van der Waals surface area contributed by atoms with Crippen LogP contribution in [0.5, 0.6) is 11.5 Å². The number of methoxy groups -OCH3 is 3. The lowest BCUT2D eigenvalue weighted by atomic mass is 10.1. The Kier molecular flexibility index (Phi) is 6.99. The van der Waals surface area contributed by atoms with Gasteiger partial charge in [0.25, 0.3) is 0 Å². The minimum Gasteiger partial charge on any atom is -0.493 e. The maximum absolute atomic E-state index is 11.9. The summed E-state index contributed by atoms with van der Waals surface area (Å²) < 4.78 is 14.8. The van der Waals surface area contributed by atoms with Crippen LogP contribution < -0.4 is 20.1 Å². The normalized spacial score (nSPS) is 11.2. The lowest BCUT2D eigenvalue weighted by Gasteiger charge is -2.14. The van der Waals surface area contributed by atoms with E-state index in [9.17, 15) is 14.4 Å². The molecular weight excluding hydrogens is 320 g/mol. The molecule has 0 aromatic heterocycles. The lowest BCUT2D eigenvalue weighted by molar-refractivity contribution is -0.136. The van der Waals surface area contributed by atoms with E-state index in [0.717, 1.165) is 0 Å². The molecule has 1 aromatic carbocycles. The Morgan fingerprint density at radius 1 is 1.08 bits per heavy atom. The summed E-state index contributed by atoms with van der Waals surface area (Å²) in [5, 5.41) is 13.7. The molecule has 0 heterocycles. The Balaban J connectivity index is 3.10. The van der Waals surface area contributed by atoms with Crippen molar-refractivity contribution in [3.63, 3.8) is 0 Å². The van der Waals surface area contributed by atoms with Crippen LogP contribution in [-0.2, 0) is 14.3 Å². The zero-order valence-corrected chi connectivity index (χ0v) is 13.8. The number of amides is 2. The van der Waals surface area contributed by atoms with Gasteiger partial charge in [-0.3, -0.25) is 9.59 Å². The van der Waals surface area contributed by atoms with Gasteiger partial charge in [0, 0.05) is 18.7 Å². The third kappa shape index (κ3) is 4.85. The predicted octanol–water partition coefficient (Wildman–Crippen LogP) is -0.0741. The topological polar surface area (TPSA) is 123 Å². The second kappa shape index (κ2) is 8.73. The summed E-state index contributed by atoms with van der Waals surface area (Å²) >= 11 is 0. The molecule has 0 radical (unpaired) electrons. The minimum atomic E-state index is -1.01. The highest BCUT2D eigenvalue weighted by Crippen LogP contribution is 2.33. The number of benzene rings is 1. The number of ether oxygens (including phenoxy) is 3. The highest BCUT2D eigenvalue weighted by Gasteiger charge is 2.21. The standard InChI is InChI=1S/C15H20N2O7/c1-8(18)7-16-13(19)14(20)17-10-6-12(23-3)11(22-2)5-9(10)15(21)24-4/h5-6,8,18H,7H2,1-4H3,(H,16,19)(H,17,20). The first-order valence-electron chi connectivity index (χ1n) is 6.95. The maximum atomic E-state index is 11.9. The van der Waals surface area contributed by atoms with Gasteiger partial charge in [0.2, 0.25) is 0 Å². The van der Waals surface area contributed by atoms with Gasteiger partial charge in [0.05, 0.1) is 38.7 Å². The van der Waals surface area contributed by atoms with Crippen molar-refractivity contribution in [3.8, 4) is 11.5 Å². The molecule has 0 aliphatic heterocycles. The predicted molar refractivity (Wildman–Crippen MR) is 84.2 cm³/mol. The number of rotatable bonds is 6. The first kappa shape index (κ1) is 19.2. The Hall–Kier alpha value is -2.81. The van der Waals surface area contributed by atoms with E-state index in [1.165, 1.54) is 40.4 Å². The number of hydrogen-bond acceptors (Lipinski definition) is 7. The fraction of sp³-hybridized carbons (Fsp3) is 0.400. The van der Waals surface area contributed by atoms with E-state index in [2.05, 4.69) is 15.4 Å². The molecule has 0 fully saturated rings. The highest BCUT2D eigenvalue weighted by atomic mass is 16.5. The second-order valence-corrected chi connectivity index (χ2v) is 4.76. The van der Waals surface area contributed by atoms with Crippen LogP contribution in [0.25, 0.3) is 0 Å². The van der Waals surface area contributed by atoms with Gasteiger partial charge in [-0.05, 0) is 6.92 Å². The van der Waals surface area contributed by atoms with Crippen LogP contribution in [0.3, 0.4) is 0 Å². The molecule has 9 heteroatoms. The SMILES string of the molecule is COC(=O)c1cc(OC)c(OC)cc1NC(=O)C(=O)NCC(C)O. The van der Waals surface area contributed by atoms with Crippen LogP contribution in [0.4, 0.5) is 5.69 Å². The molecule has 1 unspecified atom stereocenters. The van der Waals surface area contributed by atoms with Crippen LogP contribution in [0, 0.1) is 0 Å². The largest absolute Gasteiger partial charge is 0.493 e. The van der Waals surface area contributed by atoms with Crippen molar-refractivity contribution in [3.05, 3.63) is 17.7 Å². The average molecular weight is 340 g/mol. The van der Waals surface area contributed by atoms with E-state index in [1.54, 1.807) is 0 Å². The summed E-state index contributed by atoms with van der Waals surface area (Å²) in [4.78, 5) is 35.5. The summed E-state index contributed by atoms with van der Waals surface area (Å²) in [6.45, 7) is 1.38. The number of carbonyl (C=O) groups is 3. The number of carbonyl (C=O) groups excluding carboxylic acids is 3. The maximum Gasteiger partial charge on any atom is 0.340 e. The molecule has 132 valence electrons. The van der Waals surface area contributed by atoms with Crippen LogP contribution in [0.15, 0.2) is 12.1 Å². The third-order valence-corrected chi connectivity index (χ3v) is 2.94. The van der Waals surface area contributed by atoms with Crippen molar-refractivity contribution in [2.75, 3.05) is 33.2 Å². The molecule has 0 bridgehead atoms. The first-order chi connectivity index (χ1) is 11.3. The molecule has 24 heavy (non-hydrogen) atoms. The minimum absolute atomic E-state index is 0.00757. The molecule has 0 saturated heterocycles. The first-order valence-corrected chi connectivity index (χ1v) is 6.95. The average Bonchev–Trinajstić information content (AvgIpc) is 2.58. The molecule has 3 N–H and O–H groups in total. The van der Waals surface area contributed by atoms with Crippen molar-refractivity contribution in [1.82, 2.24) is 5.32 Å². The van der Waals surface area contributed by atoms with E-state index in [-0.39, 0.29) is 29.3 Å². The Bertz CT molecular complexity index is 628. The van der Waals surface area contributed by atoms with Crippen molar-refractivity contribution in [2.45, 2.75) is 13.0 Å². The smallest absolute Gasteiger partial charge is 0.340 e. The molecular formula is C15H20N2O7. The van der Waals surface area contributed by atoms with E-state index < -0.39 is 23.9 Å². The van der Waals surface area contributed by atoms with Crippen molar-refractivity contribution in [2.24, 2.45) is 0 Å². The number of aliphatic hydroxyl groups excluding tert-OH is 1. The fourth-order valence-corrected chi connectivity index (χ4v) is 1.76. The molecule has 2 amide bonds. The quantitative estimate of drug-likeness (QED) is 0.489. The molecule has 9 nitrogen and oxygen atoms in total. The zero-order chi connectivity index (χ0) is 18.3. The van der Waals surface area contributed by atoms with Crippen molar-refractivity contribution < 1.29 is 33.7 Å². The van der Waals surface area contributed by atoms with Gasteiger partial charge in [0.1, 0.15) is 0 Å². The van der Waals surface area contributed by atoms with E-state index in [0.29, 0.717) is 0 Å². The van der Waals surface area contributed by atoms with Gasteiger partial charge < -0.3 is 30.0 Å². The zero-order valence-electron chi connectivity index (χ0n) is 13.8. The van der Waals surface area contributed by atoms with Gasteiger partial charge in [-0.2, -0.15) is 0 Å². The summed E-state index contributed by atoms with van der Waals surface area (Å²) in [7, 11) is 3.96. The van der Waals surface area contributed by atoms with Crippen LogP contribution in [0.1, 0.15) is 17.3 Å². The van der Waals surface area contributed by atoms with Crippen molar-refractivity contribution >= 4 is 23.5 Å². The van der Waals surface area contributed by atoms with Gasteiger partial charge in [-0.15, -0.1) is 0 Å². The summed E-state index contributed by atoms with van der Waals surface area (Å²) in [5.41, 5.74) is 0.0172. The van der Waals surface area contributed by atoms with Crippen LogP contribution in [0.2, 0.25) is 0 Å². The Morgan fingerprint density at radius 3 is 2.17 bits per heavy atom. The van der Waals surface area contributed by atoms with E-state index in [1.807, 2.05) is 0 Å². The third-order valence-electron chi connectivity index (χ3n) is 2.94. The highest BCUT2D eigenvalue weighted by molar-refractivity contribution is 6.40. The number of anilines is 1. The van der Waals surface area contributed by atoms with Gasteiger partial charge in [-0.25, -0.2) is 4.79 Å². The fourth-order valence-electron chi connectivity index (χ4n) is 1.76. The van der Waals surface area contributed by atoms with Crippen LogP contribution >= 0.6 is 0 Å². The van der Waals surface area contributed by atoms with Crippen LogP contribution in [-0.4, -0.2) is 56.9 Å². The van der Waals surface area contributed by atoms with E-state index in [4.69, 9.17) is 14.6 Å². The monoisotopic (exact) mass is 340 g/mol. The number of aliphatic hydroxyl groups is 1. The van der Waals surface area contributed by atoms with Gasteiger partial charge in [-0.1, -0.05) is 0 Å². The molecule has 0 aliphatic rings. The number of nitrogens with one attached hydrogen (secondary N) is 2. The van der Waals surface area contributed by atoms with Gasteiger partial charge in [0.15, 0.2) is 11.5 Å². The molecule has 1 atom stereocenters. The summed E-state index contributed by atoms with van der Waals surface area (Å²) in [6, 6.07) is 2.67.